The normalized spacial score (nSPS) is 17.8. The van der Waals surface area contributed by atoms with Crippen molar-refractivity contribution in [3.8, 4) is 0 Å². The van der Waals surface area contributed by atoms with E-state index in [-0.39, 0.29) is 42.5 Å². The van der Waals surface area contributed by atoms with Crippen LogP contribution in [-0.4, -0.2) is 53.1 Å². The molecule has 3 N–H and O–H groups in total. The van der Waals surface area contributed by atoms with Gasteiger partial charge in [-0.1, -0.05) is 11.6 Å². The Morgan fingerprint density at radius 3 is 2.67 bits per heavy atom. The highest BCUT2D eigenvalue weighted by atomic mass is 16.2. The topological polar surface area (TPSA) is 126 Å². The van der Waals surface area contributed by atoms with Crippen molar-refractivity contribution in [2.24, 2.45) is 11.7 Å². The standard InChI is InChI=1S/C24H27N5O4/c1-15-6-8-18-19(12-15)24(33)29(23(18)32)11-3-5-21(30)27-17-7-9-20(26-13-17)28-10-2-4-16(14-28)22(25)31/h6-9,12-13,16H,2-5,10-11,14H2,1H3,(H2,25,31)(H,27,30). The zero-order valence-corrected chi connectivity index (χ0v) is 18.5. The molecule has 0 radical (unpaired) electrons. The molecule has 1 saturated heterocycles. The number of amides is 4. The number of pyridine rings is 1. The Labute approximate surface area is 191 Å². The molecule has 1 unspecified atom stereocenters. The molecular weight excluding hydrogens is 422 g/mol. The van der Waals surface area contributed by atoms with Crippen molar-refractivity contribution in [2.75, 3.05) is 29.9 Å². The summed E-state index contributed by atoms with van der Waals surface area (Å²) >= 11 is 0. The Balaban J connectivity index is 1.26. The molecular formula is C24H27N5O4. The number of carbonyl (C=O) groups excluding carboxylic acids is 4. The first-order valence-electron chi connectivity index (χ1n) is 11.1. The largest absolute Gasteiger partial charge is 0.369 e. The van der Waals surface area contributed by atoms with Crippen molar-refractivity contribution < 1.29 is 19.2 Å². The van der Waals surface area contributed by atoms with Crippen LogP contribution in [0.1, 0.15) is 52.0 Å². The van der Waals surface area contributed by atoms with Gasteiger partial charge in [-0.25, -0.2) is 4.98 Å². The molecule has 4 rings (SSSR count). The van der Waals surface area contributed by atoms with Crippen LogP contribution in [0.4, 0.5) is 11.5 Å². The van der Waals surface area contributed by atoms with Crippen molar-refractivity contribution in [3.63, 3.8) is 0 Å². The number of hydrogen-bond donors (Lipinski definition) is 2. The van der Waals surface area contributed by atoms with Crippen LogP contribution < -0.4 is 16.0 Å². The van der Waals surface area contributed by atoms with Gasteiger partial charge in [0, 0.05) is 26.1 Å². The van der Waals surface area contributed by atoms with Gasteiger partial charge in [0.25, 0.3) is 11.8 Å². The van der Waals surface area contributed by atoms with E-state index in [9.17, 15) is 19.2 Å². The molecule has 1 fully saturated rings. The second-order valence-electron chi connectivity index (χ2n) is 8.56. The molecule has 1 atom stereocenters. The lowest BCUT2D eigenvalue weighted by Gasteiger charge is -2.32. The van der Waals surface area contributed by atoms with Crippen LogP contribution in [0, 0.1) is 12.8 Å². The van der Waals surface area contributed by atoms with Gasteiger partial charge in [0.15, 0.2) is 0 Å². The Morgan fingerprint density at radius 2 is 1.94 bits per heavy atom. The predicted octanol–water partition coefficient (Wildman–Crippen LogP) is 2.11. The van der Waals surface area contributed by atoms with Gasteiger partial charge in [-0.15, -0.1) is 0 Å². The fourth-order valence-corrected chi connectivity index (χ4v) is 4.29. The minimum absolute atomic E-state index is 0.167. The average Bonchev–Trinajstić information content (AvgIpc) is 3.03. The third-order valence-corrected chi connectivity index (χ3v) is 6.09. The zero-order chi connectivity index (χ0) is 23.5. The maximum atomic E-state index is 12.5. The summed E-state index contributed by atoms with van der Waals surface area (Å²) in [7, 11) is 0. The molecule has 2 aliphatic rings. The fraction of sp³-hybridized carbons (Fsp3) is 0.375. The number of benzene rings is 1. The molecule has 9 nitrogen and oxygen atoms in total. The Hall–Kier alpha value is -3.75. The third-order valence-electron chi connectivity index (χ3n) is 6.09. The maximum Gasteiger partial charge on any atom is 0.261 e. The Morgan fingerprint density at radius 1 is 1.15 bits per heavy atom. The van der Waals surface area contributed by atoms with E-state index in [4.69, 9.17) is 5.73 Å². The summed E-state index contributed by atoms with van der Waals surface area (Å²) in [6.45, 7) is 3.41. The van der Waals surface area contributed by atoms with Gasteiger partial charge >= 0.3 is 0 Å². The highest BCUT2D eigenvalue weighted by molar-refractivity contribution is 6.21. The minimum atomic E-state index is -0.313. The van der Waals surface area contributed by atoms with Crippen LogP contribution in [0.2, 0.25) is 0 Å². The van der Waals surface area contributed by atoms with Gasteiger partial charge in [-0.3, -0.25) is 24.1 Å². The molecule has 0 bridgehead atoms. The number of anilines is 2. The molecule has 2 aromatic rings. The lowest BCUT2D eigenvalue weighted by Crippen LogP contribution is -2.41. The van der Waals surface area contributed by atoms with Gasteiger partial charge in [0.1, 0.15) is 5.82 Å². The number of piperidine rings is 1. The van der Waals surface area contributed by atoms with Gasteiger partial charge in [-0.2, -0.15) is 0 Å². The summed E-state index contributed by atoms with van der Waals surface area (Å²) in [6, 6.07) is 8.77. The molecule has 172 valence electrons. The molecule has 0 aliphatic carbocycles. The number of carbonyl (C=O) groups is 4. The van der Waals surface area contributed by atoms with Crippen LogP contribution in [0.15, 0.2) is 36.5 Å². The average molecular weight is 450 g/mol. The number of imide groups is 1. The van der Waals surface area contributed by atoms with Crippen LogP contribution in [-0.2, 0) is 9.59 Å². The second-order valence-corrected chi connectivity index (χ2v) is 8.56. The Bertz CT molecular complexity index is 1100. The summed E-state index contributed by atoms with van der Waals surface area (Å²) in [5.41, 5.74) is 7.75. The molecule has 1 aromatic heterocycles. The van der Waals surface area contributed by atoms with E-state index in [1.54, 1.807) is 30.5 Å². The van der Waals surface area contributed by atoms with Gasteiger partial charge in [-0.05, 0) is 50.5 Å². The highest BCUT2D eigenvalue weighted by Crippen LogP contribution is 2.25. The van der Waals surface area contributed by atoms with Gasteiger partial charge < -0.3 is 16.0 Å². The van der Waals surface area contributed by atoms with E-state index < -0.39 is 0 Å². The zero-order valence-electron chi connectivity index (χ0n) is 18.5. The third kappa shape index (κ3) is 4.87. The fourth-order valence-electron chi connectivity index (χ4n) is 4.29. The van der Waals surface area contributed by atoms with Crippen LogP contribution in [0.25, 0.3) is 0 Å². The van der Waals surface area contributed by atoms with E-state index in [2.05, 4.69) is 10.3 Å². The first-order chi connectivity index (χ1) is 15.8. The number of fused-ring (bicyclic) bond motifs is 1. The number of aryl methyl sites for hydroxylation is 1. The molecule has 1 aromatic carbocycles. The number of hydrogen-bond acceptors (Lipinski definition) is 6. The number of nitrogens with zero attached hydrogens (tertiary/aromatic N) is 3. The maximum absolute atomic E-state index is 12.5. The van der Waals surface area contributed by atoms with E-state index in [1.165, 1.54) is 4.90 Å². The summed E-state index contributed by atoms with van der Waals surface area (Å²) < 4.78 is 0. The van der Waals surface area contributed by atoms with Crippen molar-refractivity contribution in [1.82, 2.24) is 9.88 Å². The monoisotopic (exact) mass is 449 g/mol. The summed E-state index contributed by atoms with van der Waals surface area (Å²) in [5, 5.41) is 2.79. The molecule has 0 saturated carbocycles. The van der Waals surface area contributed by atoms with Crippen LogP contribution >= 0.6 is 0 Å². The van der Waals surface area contributed by atoms with E-state index in [0.717, 1.165) is 30.8 Å². The first-order valence-corrected chi connectivity index (χ1v) is 11.1. The van der Waals surface area contributed by atoms with E-state index >= 15 is 0 Å². The lowest BCUT2D eigenvalue weighted by atomic mass is 9.97. The molecule has 4 amide bonds. The molecule has 0 spiro atoms. The van der Waals surface area contributed by atoms with E-state index in [0.29, 0.717) is 29.8 Å². The van der Waals surface area contributed by atoms with Crippen molar-refractivity contribution >= 4 is 35.1 Å². The van der Waals surface area contributed by atoms with Crippen LogP contribution in [0.5, 0.6) is 0 Å². The van der Waals surface area contributed by atoms with Gasteiger partial charge in [0.2, 0.25) is 11.8 Å². The summed E-state index contributed by atoms with van der Waals surface area (Å²) in [4.78, 5) is 56.4. The summed E-state index contributed by atoms with van der Waals surface area (Å²) in [5.74, 6) is -0.573. The Kier molecular flexibility index (Phi) is 6.39. The van der Waals surface area contributed by atoms with Crippen molar-refractivity contribution in [2.45, 2.75) is 32.6 Å². The number of nitrogens with two attached hydrogens (primary N) is 1. The van der Waals surface area contributed by atoms with Crippen molar-refractivity contribution in [3.05, 3.63) is 53.2 Å². The first kappa shape index (κ1) is 22.4. The molecule has 3 heterocycles. The number of aromatic nitrogens is 1. The predicted molar refractivity (Wildman–Crippen MR) is 123 cm³/mol. The molecule has 2 aliphatic heterocycles. The van der Waals surface area contributed by atoms with Crippen molar-refractivity contribution in [1.29, 1.82) is 0 Å². The highest BCUT2D eigenvalue weighted by Gasteiger charge is 2.35. The van der Waals surface area contributed by atoms with E-state index in [1.807, 2.05) is 17.9 Å². The van der Waals surface area contributed by atoms with Gasteiger partial charge in [0.05, 0.1) is 28.9 Å². The second kappa shape index (κ2) is 9.40. The summed E-state index contributed by atoms with van der Waals surface area (Å²) in [6.07, 6.45) is 3.78. The quantitative estimate of drug-likeness (QED) is 0.624. The van der Waals surface area contributed by atoms with Crippen LogP contribution in [0.3, 0.4) is 0 Å². The number of rotatable bonds is 7. The smallest absolute Gasteiger partial charge is 0.261 e. The SMILES string of the molecule is Cc1ccc2c(c1)C(=O)N(CCCC(=O)Nc1ccc(N3CCCC(C(N)=O)C3)nc1)C2=O. The lowest BCUT2D eigenvalue weighted by molar-refractivity contribution is -0.122. The molecule has 33 heavy (non-hydrogen) atoms. The molecule has 9 heteroatoms. The number of nitrogens with one attached hydrogen (secondary N) is 1. The number of primary amides is 1. The minimum Gasteiger partial charge on any atom is -0.369 e.